The van der Waals surface area contributed by atoms with E-state index in [1.807, 2.05) is 0 Å². The number of nitrogens with zero attached hydrogens (tertiary/aromatic N) is 3. The number of amides is 1. The first-order valence-corrected chi connectivity index (χ1v) is 11.8. The van der Waals surface area contributed by atoms with E-state index in [1.54, 1.807) is 0 Å². The highest BCUT2D eigenvalue weighted by Crippen LogP contribution is 2.38. The summed E-state index contributed by atoms with van der Waals surface area (Å²) in [5.74, 6) is 0.188. The third-order valence-electron chi connectivity index (χ3n) is 4.89. The van der Waals surface area contributed by atoms with Crippen LogP contribution >= 0.6 is 11.8 Å². The Hall–Kier alpha value is -2.51. The Balaban J connectivity index is 1.46. The number of aromatic nitrogens is 1. The Bertz CT molecular complexity index is 1120. The second-order valence-corrected chi connectivity index (χ2v) is 9.90. The van der Waals surface area contributed by atoms with Crippen molar-refractivity contribution in [3.63, 3.8) is 0 Å². The van der Waals surface area contributed by atoms with Crippen molar-refractivity contribution >= 4 is 27.7 Å². The van der Waals surface area contributed by atoms with Crippen LogP contribution in [0.4, 0.5) is 13.2 Å². The smallest absolute Gasteiger partial charge is 0.447 e. The largest absolute Gasteiger partial charge is 0.486 e. The summed E-state index contributed by atoms with van der Waals surface area (Å²) in [5.41, 5.74) is -4.75. The SMILES string of the molecule is O=C(c1cccnc1SC(F)(F)F)N1CCN(S(=O)(=O)c2ccc3c(c2)OCCO3)CC1. The molecule has 0 atom stereocenters. The van der Waals surface area contributed by atoms with Crippen LogP contribution in [0.15, 0.2) is 46.5 Å². The molecular formula is C19H18F3N3O5S2. The molecule has 32 heavy (non-hydrogen) atoms. The van der Waals surface area contributed by atoms with Gasteiger partial charge in [0.25, 0.3) is 5.91 Å². The second-order valence-electron chi connectivity index (χ2n) is 6.91. The Morgan fingerprint density at radius 3 is 2.41 bits per heavy atom. The molecular weight excluding hydrogens is 471 g/mol. The van der Waals surface area contributed by atoms with E-state index in [9.17, 15) is 26.4 Å². The van der Waals surface area contributed by atoms with Crippen LogP contribution in [0.25, 0.3) is 0 Å². The third kappa shape index (κ3) is 4.79. The number of carbonyl (C=O) groups is 1. The van der Waals surface area contributed by atoms with Crippen molar-refractivity contribution in [3.8, 4) is 11.5 Å². The molecule has 1 saturated heterocycles. The quantitative estimate of drug-likeness (QED) is 0.610. The van der Waals surface area contributed by atoms with E-state index in [4.69, 9.17) is 9.47 Å². The molecule has 0 bridgehead atoms. The van der Waals surface area contributed by atoms with Gasteiger partial charge >= 0.3 is 5.51 Å². The summed E-state index contributed by atoms with van der Waals surface area (Å²) < 4.78 is 76.5. The molecule has 0 unspecified atom stereocenters. The molecule has 4 rings (SSSR count). The van der Waals surface area contributed by atoms with Gasteiger partial charge in [0.15, 0.2) is 11.5 Å². The molecule has 172 valence electrons. The van der Waals surface area contributed by atoms with Crippen molar-refractivity contribution < 1.29 is 35.9 Å². The lowest BCUT2D eigenvalue weighted by molar-refractivity contribution is -0.0329. The molecule has 0 saturated carbocycles. The number of hydrogen-bond acceptors (Lipinski definition) is 7. The van der Waals surface area contributed by atoms with Gasteiger partial charge in [-0.3, -0.25) is 4.79 Å². The number of halogens is 3. The van der Waals surface area contributed by atoms with Crippen LogP contribution in [0.3, 0.4) is 0 Å². The minimum absolute atomic E-state index is 0.00449. The van der Waals surface area contributed by atoms with Crippen molar-refractivity contribution in [3.05, 3.63) is 42.1 Å². The number of fused-ring (bicyclic) bond motifs is 1. The lowest BCUT2D eigenvalue weighted by Crippen LogP contribution is -2.50. The predicted molar refractivity (Wildman–Crippen MR) is 108 cm³/mol. The zero-order valence-electron chi connectivity index (χ0n) is 16.5. The van der Waals surface area contributed by atoms with E-state index in [-0.39, 0.29) is 36.6 Å². The Morgan fingerprint density at radius 2 is 1.72 bits per heavy atom. The first kappa shape index (κ1) is 22.7. The first-order chi connectivity index (χ1) is 15.1. The maximum atomic E-state index is 13.0. The van der Waals surface area contributed by atoms with Gasteiger partial charge in [0.1, 0.15) is 18.2 Å². The molecule has 0 aliphatic carbocycles. The minimum Gasteiger partial charge on any atom is -0.486 e. The molecule has 1 aromatic heterocycles. The van der Waals surface area contributed by atoms with Crippen molar-refractivity contribution in [2.75, 3.05) is 39.4 Å². The number of piperazine rings is 1. The summed E-state index contributed by atoms with van der Waals surface area (Å²) in [4.78, 5) is 17.8. The van der Waals surface area contributed by atoms with Gasteiger partial charge in [-0.25, -0.2) is 13.4 Å². The Kier molecular flexibility index (Phi) is 6.23. The fourth-order valence-electron chi connectivity index (χ4n) is 3.38. The third-order valence-corrected chi connectivity index (χ3v) is 7.54. The molecule has 2 aliphatic heterocycles. The van der Waals surface area contributed by atoms with E-state index >= 15 is 0 Å². The van der Waals surface area contributed by atoms with Gasteiger partial charge in [0, 0.05) is 50.2 Å². The topological polar surface area (TPSA) is 89.0 Å². The predicted octanol–water partition coefficient (Wildman–Crippen LogP) is 2.61. The number of benzene rings is 1. The van der Waals surface area contributed by atoms with Gasteiger partial charge in [-0.15, -0.1) is 0 Å². The van der Waals surface area contributed by atoms with Crippen molar-refractivity contribution in [1.82, 2.24) is 14.2 Å². The van der Waals surface area contributed by atoms with Gasteiger partial charge in [-0.05, 0) is 24.3 Å². The van der Waals surface area contributed by atoms with Crippen LogP contribution in [0.2, 0.25) is 0 Å². The van der Waals surface area contributed by atoms with Crippen LogP contribution in [0, 0.1) is 0 Å². The van der Waals surface area contributed by atoms with E-state index in [2.05, 4.69) is 4.98 Å². The average molecular weight is 489 g/mol. The van der Waals surface area contributed by atoms with Gasteiger partial charge in [0.2, 0.25) is 10.0 Å². The molecule has 3 heterocycles. The molecule has 1 fully saturated rings. The Labute approximate surface area is 186 Å². The average Bonchev–Trinajstić information content (AvgIpc) is 2.77. The fraction of sp³-hybridized carbons (Fsp3) is 0.368. The molecule has 0 radical (unpaired) electrons. The first-order valence-electron chi connectivity index (χ1n) is 9.55. The summed E-state index contributed by atoms with van der Waals surface area (Å²) in [7, 11) is -3.85. The van der Waals surface area contributed by atoms with Crippen LogP contribution < -0.4 is 9.47 Å². The summed E-state index contributed by atoms with van der Waals surface area (Å²) in [5, 5.41) is -0.434. The molecule has 2 aliphatic rings. The van der Waals surface area contributed by atoms with Crippen molar-refractivity contribution in [2.24, 2.45) is 0 Å². The van der Waals surface area contributed by atoms with Crippen molar-refractivity contribution in [1.29, 1.82) is 0 Å². The van der Waals surface area contributed by atoms with Crippen molar-refractivity contribution in [2.45, 2.75) is 15.4 Å². The van der Waals surface area contributed by atoms with Crippen LogP contribution in [-0.4, -0.2) is 73.4 Å². The number of carbonyl (C=O) groups excluding carboxylic acids is 1. The Morgan fingerprint density at radius 1 is 1.03 bits per heavy atom. The number of thioether (sulfide) groups is 1. The highest BCUT2D eigenvalue weighted by Gasteiger charge is 2.35. The molecule has 8 nitrogen and oxygen atoms in total. The lowest BCUT2D eigenvalue weighted by Gasteiger charge is -2.34. The molecule has 0 N–H and O–H groups in total. The van der Waals surface area contributed by atoms with Crippen LogP contribution in [0.1, 0.15) is 10.4 Å². The zero-order valence-corrected chi connectivity index (χ0v) is 18.2. The summed E-state index contributed by atoms with van der Waals surface area (Å²) in [6, 6.07) is 7.02. The second kappa shape index (κ2) is 8.79. The number of rotatable bonds is 4. The molecule has 13 heteroatoms. The number of ether oxygens (including phenoxy) is 2. The van der Waals surface area contributed by atoms with E-state index in [0.29, 0.717) is 24.7 Å². The van der Waals surface area contributed by atoms with Gasteiger partial charge < -0.3 is 14.4 Å². The maximum absolute atomic E-state index is 13.0. The minimum atomic E-state index is -4.58. The van der Waals surface area contributed by atoms with Crippen LogP contribution in [-0.2, 0) is 10.0 Å². The highest BCUT2D eigenvalue weighted by molar-refractivity contribution is 8.00. The molecule has 1 amide bonds. The number of sulfonamides is 1. The molecule has 2 aromatic rings. The molecule has 0 spiro atoms. The highest BCUT2D eigenvalue weighted by atomic mass is 32.2. The van der Waals surface area contributed by atoms with Gasteiger partial charge in [-0.1, -0.05) is 0 Å². The summed E-state index contributed by atoms with van der Waals surface area (Å²) in [6.07, 6.45) is 1.18. The monoisotopic (exact) mass is 489 g/mol. The summed E-state index contributed by atoms with van der Waals surface area (Å²) in [6.45, 7) is 0.784. The fourth-order valence-corrected chi connectivity index (χ4v) is 5.42. The molecule has 1 aromatic carbocycles. The standard InChI is InChI=1S/C19H18F3N3O5S2/c20-19(21,22)31-17-14(2-1-5-23-17)18(26)24-6-8-25(9-7-24)32(27,28)13-3-4-15-16(12-13)30-11-10-29-15/h1-5,12H,6-11H2. The zero-order chi connectivity index (χ0) is 22.9. The van der Waals surface area contributed by atoms with Gasteiger partial charge in [0.05, 0.1) is 10.5 Å². The maximum Gasteiger partial charge on any atom is 0.447 e. The van der Waals surface area contributed by atoms with Crippen LogP contribution in [0.5, 0.6) is 11.5 Å². The van der Waals surface area contributed by atoms with E-state index < -0.39 is 38.2 Å². The normalized spacial score (nSPS) is 17.3. The number of hydrogen-bond donors (Lipinski definition) is 0. The summed E-state index contributed by atoms with van der Waals surface area (Å²) >= 11 is -0.454. The van der Waals surface area contributed by atoms with E-state index in [1.165, 1.54) is 45.7 Å². The van der Waals surface area contributed by atoms with E-state index in [0.717, 1.165) is 0 Å². The number of pyridine rings is 1. The van der Waals surface area contributed by atoms with Gasteiger partial charge in [-0.2, -0.15) is 17.5 Å². The lowest BCUT2D eigenvalue weighted by atomic mass is 10.2. The number of alkyl halides is 3.